The maximum atomic E-state index is 10.9. The van der Waals surface area contributed by atoms with Gasteiger partial charge in [0.1, 0.15) is 12.2 Å². The summed E-state index contributed by atoms with van der Waals surface area (Å²) in [5, 5.41) is 21.9. The normalized spacial score (nSPS) is 46.6. The van der Waals surface area contributed by atoms with Crippen LogP contribution < -0.4 is 0 Å². The van der Waals surface area contributed by atoms with Gasteiger partial charge in [0, 0.05) is 0 Å². The minimum Gasteiger partial charge on any atom is -0.387 e. The first kappa shape index (κ1) is 18.1. The Morgan fingerprint density at radius 1 is 1.08 bits per heavy atom. The van der Waals surface area contributed by atoms with Crippen molar-refractivity contribution < 1.29 is 19.7 Å². The highest BCUT2D eigenvalue weighted by Crippen LogP contribution is 2.41. The molecular formula is C20H32O4. The molecule has 0 aromatic carbocycles. The molecule has 3 rings (SSSR count). The van der Waals surface area contributed by atoms with Crippen LogP contribution in [0.3, 0.4) is 0 Å². The van der Waals surface area contributed by atoms with E-state index in [1.807, 2.05) is 13.8 Å². The van der Waals surface area contributed by atoms with Crippen LogP contribution in [0.1, 0.15) is 66.2 Å². The van der Waals surface area contributed by atoms with E-state index in [1.54, 1.807) is 0 Å². The molecule has 0 amide bonds. The summed E-state index contributed by atoms with van der Waals surface area (Å²) in [4.78, 5) is 0. The molecule has 3 aliphatic heterocycles. The Morgan fingerprint density at radius 2 is 1.83 bits per heavy atom. The molecule has 1 fully saturated rings. The van der Waals surface area contributed by atoms with Crippen molar-refractivity contribution in [1.29, 1.82) is 0 Å². The van der Waals surface area contributed by atoms with Crippen molar-refractivity contribution in [1.82, 2.24) is 0 Å². The number of aliphatic hydroxyl groups is 2. The minimum atomic E-state index is -0.928. The number of fused-ring (bicyclic) bond motifs is 4. The topological polar surface area (TPSA) is 58.9 Å². The molecule has 4 heteroatoms. The highest BCUT2D eigenvalue weighted by Gasteiger charge is 2.50. The van der Waals surface area contributed by atoms with E-state index in [4.69, 9.17) is 9.47 Å². The molecule has 136 valence electrons. The fraction of sp³-hybridized carbons (Fsp3) is 0.800. The molecule has 4 nitrogen and oxygen atoms in total. The van der Waals surface area contributed by atoms with Gasteiger partial charge in [0.25, 0.3) is 0 Å². The second-order valence-corrected chi connectivity index (χ2v) is 8.42. The van der Waals surface area contributed by atoms with Crippen LogP contribution in [0, 0.1) is 0 Å². The summed E-state index contributed by atoms with van der Waals surface area (Å²) in [7, 11) is 0. The maximum Gasteiger partial charge on any atom is 0.116 e. The third-order valence-corrected chi connectivity index (χ3v) is 6.11. The third-order valence-electron chi connectivity index (χ3n) is 6.11. The van der Waals surface area contributed by atoms with Crippen LogP contribution in [-0.4, -0.2) is 46.3 Å². The van der Waals surface area contributed by atoms with Crippen LogP contribution in [0.15, 0.2) is 22.8 Å². The van der Waals surface area contributed by atoms with Gasteiger partial charge in [-0.2, -0.15) is 0 Å². The van der Waals surface area contributed by atoms with E-state index in [0.29, 0.717) is 25.9 Å². The summed E-state index contributed by atoms with van der Waals surface area (Å²) < 4.78 is 12.3. The van der Waals surface area contributed by atoms with E-state index in [-0.39, 0.29) is 12.2 Å². The van der Waals surface area contributed by atoms with Crippen LogP contribution in [0.4, 0.5) is 0 Å². The Morgan fingerprint density at radius 3 is 2.58 bits per heavy atom. The van der Waals surface area contributed by atoms with Gasteiger partial charge in [-0.15, -0.1) is 0 Å². The molecule has 0 aromatic rings. The number of rotatable bonds is 0. The summed E-state index contributed by atoms with van der Waals surface area (Å²) in [5.74, 6) is 0. The summed E-state index contributed by atoms with van der Waals surface area (Å²) >= 11 is 0. The zero-order valence-corrected chi connectivity index (χ0v) is 15.5. The minimum absolute atomic E-state index is 0.203. The first-order chi connectivity index (χ1) is 11.2. The van der Waals surface area contributed by atoms with Crippen molar-refractivity contribution in [2.75, 3.05) is 6.61 Å². The lowest BCUT2D eigenvalue weighted by Crippen LogP contribution is -2.58. The van der Waals surface area contributed by atoms with E-state index < -0.39 is 17.3 Å². The molecule has 2 bridgehead atoms. The molecule has 1 unspecified atom stereocenters. The zero-order valence-electron chi connectivity index (χ0n) is 15.5. The summed E-state index contributed by atoms with van der Waals surface area (Å²) in [6.07, 6.45) is 6.14. The molecule has 0 aromatic heterocycles. The van der Waals surface area contributed by atoms with Gasteiger partial charge in [-0.3, -0.25) is 0 Å². The Bertz CT molecular complexity index is 544. The van der Waals surface area contributed by atoms with Crippen molar-refractivity contribution in [2.24, 2.45) is 0 Å². The Labute approximate surface area is 145 Å². The van der Waals surface area contributed by atoms with E-state index in [9.17, 15) is 10.2 Å². The monoisotopic (exact) mass is 336 g/mol. The van der Waals surface area contributed by atoms with E-state index in [1.165, 1.54) is 16.7 Å². The average molecular weight is 336 g/mol. The Balaban J connectivity index is 1.96. The Kier molecular flexibility index (Phi) is 4.95. The molecule has 0 aliphatic carbocycles. The lowest BCUT2D eigenvalue weighted by Gasteiger charge is -2.47. The molecule has 2 N–H and O–H groups in total. The summed E-state index contributed by atoms with van der Waals surface area (Å²) in [6, 6.07) is 0. The van der Waals surface area contributed by atoms with Gasteiger partial charge in [0.2, 0.25) is 0 Å². The molecule has 0 spiro atoms. The predicted molar refractivity (Wildman–Crippen MR) is 93.8 cm³/mol. The fourth-order valence-corrected chi connectivity index (χ4v) is 4.29. The van der Waals surface area contributed by atoms with Gasteiger partial charge in [-0.1, -0.05) is 11.6 Å². The van der Waals surface area contributed by atoms with Gasteiger partial charge in [-0.05, 0) is 77.4 Å². The first-order valence-corrected chi connectivity index (χ1v) is 9.27. The highest BCUT2D eigenvalue weighted by atomic mass is 16.6. The van der Waals surface area contributed by atoms with Gasteiger partial charge in [-0.25, -0.2) is 0 Å². The smallest absolute Gasteiger partial charge is 0.116 e. The standard InChI is InChI=1S/C20H32O4/c1-13-6-5-10-19(3,21)16-9-11-20(4,22)18(24-16)17-15(8-7-13)14(2)12-23-17/h6,16-18,21-22H,5,7-12H2,1-4H3/b13-6-/t16-,17+,18-,19+,20?/m1/s1. The lowest BCUT2D eigenvalue weighted by molar-refractivity contribution is -0.237. The van der Waals surface area contributed by atoms with Crippen LogP contribution in [-0.2, 0) is 9.47 Å². The molecule has 3 heterocycles. The van der Waals surface area contributed by atoms with Crippen LogP contribution in [0.5, 0.6) is 0 Å². The largest absolute Gasteiger partial charge is 0.387 e. The molecule has 3 aliphatic rings. The van der Waals surface area contributed by atoms with Crippen LogP contribution in [0.25, 0.3) is 0 Å². The number of hydrogen-bond donors (Lipinski definition) is 2. The fourth-order valence-electron chi connectivity index (χ4n) is 4.29. The van der Waals surface area contributed by atoms with Crippen LogP contribution >= 0.6 is 0 Å². The molecule has 5 atom stereocenters. The van der Waals surface area contributed by atoms with Crippen molar-refractivity contribution >= 4 is 0 Å². The van der Waals surface area contributed by atoms with E-state index >= 15 is 0 Å². The highest BCUT2D eigenvalue weighted by molar-refractivity contribution is 5.26. The second kappa shape index (κ2) is 6.56. The molecule has 24 heavy (non-hydrogen) atoms. The predicted octanol–water partition coefficient (Wildman–Crippen LogP) is 3.27. The van der Waals surface area contributed by atoms with Crippen molar-refractivity contribution in [3.05, 3.63) is 22.8 Å². The molecular weight excluding hydrogens is 304 g/mol. The van der Waals surface area contributed by atoms with Crippen LogP contribution in [0.2, 0.25) is 0 Å². The maximum absolute atomic E-state index is 10.9. The van der Waals surface area contributed by atoms with Gasteiger partial charge >= 0.3 is 0 Å². The molecule has 1 saturated heterocycles. The van der Waals surface area contributed by atoms with Crippen molar-refractivity contribution in [3.8, 4) is 0 Å². The molecule has 0 radical (unpaired) electrons. The Hall–Kier alpha value is -0.680. The number of ether oxygens (including phenoxy) is 2. The van der Waals surface area contributed by atoms with E-state index in [0.717, 1.165) is 19.3 Å². The average Bonchev–Trinajstić information content (AvgIpc) is 2.84. The van der Waals surface area contributed by atoms with Crippen molar-refractivity contribution in [2.45, 2.75) is 95.7 Å². The zero-order chi connectivity index (χ0) is 17.5. The SMILES string of the molecule is CC1=C2CC/C(C)=C\CC[C@](C)(O)[C@H]3CCC(C)(O)[C@H](O3)[C@H]2OC1. The van der Waals surface area contributed by atoms with Crippen molar-refractivity contribution in [3.63, 3.8) is 0 Å². The lowest BCUT2D eigenvalue weighted by atomic mass is 9.78. The van der Waals surface area contributed by atoms with Gasteiger partial charge < -0.3 is 19.7 Å². The van der Waals surface area contributed by atoms with E-state index in [2.05, 4.69) is 19.9 Å². The van der Waals surface area contributed by atoms with Gasteiger partial charge in [0.05, 0.1) is 23.9 Å². The first-order valence-electron chi connectivity index (χ1n) is 9.27. The number of hydrogen-bond acceptors (Lipinski definition) is 4. The van der Waals surface area contributed by atoms with Gasteiger partial charge in [0.15, 0.2) is 0 Å². The second-order valence-electron chi connectivity index (χ2n) is 8.42. The summed E-state index contributed by atoms with van der Waals surface area (Å²) in [6.45, 7) is 8.59. The quantitative estimate of drug-likeness (QED) is 0.667. The third kappa shape index (κ3) is 3.48. The number of allylic oxidation sites excluding steroid dienone is 2. The summed E-state index contributed by atoms with van der Waals surface area (Å²) in [5.41, 5.74) is 2.08. The molecule has 0 saturated carbocycles.